The Labute approximate surface area is 329 Å². The van der Waals surface area contributed by atoms with Crippen molar-refractivity contribution in [2.75, 3.05) is 13.7 Å². The molecule has 6 atom stereocenters. The van der Waals surface area contributed by atoms with E-state index in [0.717, 1.165) is 30.6 Å². The van der Waals surface area contributed by atoms with E-state index < -0.39 is 44.3 Å². The van der Waals surface area contributed by atoms with Crippen LogP contribution in [0.3, 0.4) is 0 Å². The molecule has 3 fully saturated rings. The van der Waals surface area contributed by atoms with E-state index in [-0.39, 0.29) is 49.7 Å². The molecule has 2 aliphatic heterocycles. The third-order valence-electron chi connectivity index (χ3n) is 11.6. The summed E-state index contributed by atoms with van der Waals surface area (Å²) in [6.45, 7) is 9.88. The predicted molar refractivity (Wildman–Crippen MR) is 211 cm³/mol. The first-order chi connectivity index (χ1) is 26.6. The molecular formula is C42H53N5O8S. The lowest BCUT2D eigenvalue weighted by atomic mass is 9.91. The zero-order valence-corrected chi connectivity index (χ0v) is 33.9. The molecule has 2 aromatic carbocycles. The van der Waals surface area contributed by atoms with Gasteiger partial charge in [0.2, 0.25) is 27.7 Å². The zero-order valence-electron chi connectivity index (χ0n) is 33.0. The average molecular weight is 788 g/mol. The molecule has 3 heterocycles. The van der Waals surface area contributed by atoms with Crippen molar-refractivity contribution in [1.29, 1.82) is 0 Å². The first-order valence-electron chi connectivity index (χ1n) is 19.7. The van der Waals surface area contributed by atoms with Gasteiger partial charge in [-0.05, 0) is 108 Å². The van der Waals surface area contributed by atoms with Gasteiger partial charge in [-0.25, -0.2) is 13.4 Å². The van der Waals surface area contributed by atoms with E-state index in [1.807, 2.05) is 56.3 Å². The van der Waals surface area contributed by atoms with Gasteiger partial charge >= 0.3 is 0 Å². The highest BCUT2D eigenvalue weighted by Gasteiger charge is 2.63. The fourth-order valence-corrected chi connectivity index (χ4v) is 9.27. The van der Waals surface area contributed by atoms with Crippen LogP contribution in [-0.2, 0) is 24.4 Å². The first kappa shape index (κ1) is 39.5. The Bertz CT molecular complexity index is 2140. The molecule has 300 valence electrons. The Morgan fingerprint density at radius 3 is 2.45 bits per heavy atom. The van der Waals surface area contributed by atoms with Crippen molar-refractivity contribution in [1.82, 2.24) is 24.9 Å². The maximum Gasteiger partial charge on any atom is 0.259 e. The quantitative estimate of drug-likeness (QED) is 0.257. The number of carbonyl (C=O) groups is 3. The second kappa shape index (κ2) is 15.3. The molecule has 0 bridgehead atoms. The van der Waals surface area contributed by atoms with Crippen LogP contribution in [0.5, 0.6) is 17.4 Å². The first-order valence-corrected chi connectivity index (χ1v) is 21.2. The molecule has 2 aliphatic carbocycles. The third-order valence-corrected chi connectivity index (χ3v) is 13.8. The van der Waals surface area contributed by atoms with Crippen molar-refractivity contribution in [3.05, 3.63) is 54.6 Å². The summed E-state index contributed by atoms with van der Waals surface area (Å²) < 4.78 is 45.6. The molecule has 0 spiro atoms. The van der Waals surface area contributed by atoms with Crippen LogP contribution >= 0.6 is 0 Å². The summed E-state index contributed by atoms with van der Waals surface area (Å²) in [4.78, 5) is 53.6. The fourth-order valence-electron chi connectivity index (χ4n) is 7.96. The number of aromatic nitrogens is 2. The van der Waals surface area contributed by atoms with Crippen LogP contribution in [0.15, 0.2) is 54.6 Å². The molecular weight excluding hydrogens is 735 g/mol. The van der Waals surface area contributed by atoms with Gasteiger partial charge in [-0.1, -0.05) is 26.0 Å². The van der Waals surface area contributed by atoms with Crippen molar-refractivity contribution in [2.24, 2.45) is 17.8 Å². The molecule has 4 aliphatic rings. The Morgan fingerprint density at radius 2 is 1.75 bits per heavy atom. The van der Waals surface area contributed by atoms with Gasteiger partial charge in [0, 0.05) is 30.4 Å². The molecule has 14 heteroatoms. The highest BCUT2D eigenvalue weighted by Crippen LogP contribution is 2.47. The molecule has 7 rings (SSSR count). The molecule has 3 amide bonds. The Balaban J connectivity index is 1.19. The van der Waals surface area contributed by atoms with E-state index in [9.17, 15) is 22.8 Å². The summed E-state index contributed by atoms with van der Waals surface area (Å²) in [7, 11) is -2.37. The highest BCUT2D eigenvalue weighted by atomic mass is 32.2. The minimum absolute atomic E-state index is 0.0175. The monoisotopic (exact) mass is 787 g/mol. The molecule has 3 aromatic rings. The number of allylic oxidation sites excluding steroid dienone is 1. The molecule has 56 heavy (non-hydrogen) atoms. The summed E-state index contributed by atoms with van der Waals surface area (Å²) >= 11 is 0. The summed E-state index contributed by atoms with van der Waals surface area (Å²) in [6, 6.07) is 11.9. The number of sulfonamides is 1. The molecule has 0 unspecified atom stereocenters. The Kier molecular flexibility index (Phi) is 10.8. The van der Waals surface area contributed by atoms with Gasteiger partial charge in [0.1, 0.15) is 29.2 Å². The smallest absolute Gasteiger partial charge is 0.259 e. The molecule has 2 saturated carbocycles. The lowest BCUT2D eigenvalue weighted by Crippen LogP contribution is -2.57. The van der Waals surface area contributed by atoms with E-state index in [0.29, 0.717) is 47.1 Å². The number of hydrogen-bond donors (Lipinski definition) is 2. The maximum absolute atomic E-state index is 14.4. The number of ether oxygens (including phenoxy) is 3. The largest absolute Gasteiger partial charge is 0.497 e. The van der Waals surface area contributed by atoms with E-state index in [4.69, 9.17) is 24.2 Å². The van der Waals surface area contributed by atoms with Gasteiger partial charge in [0.05, 0.1) is 35.4 Å². The van der Waals surface area contributed by atoms with Crippen LogP contribution in [0.4, 0.5) is 0 Å². The zero-order chi connectivity index (χ0) is 40.0. The van der Waals surface area contributed by atoms with E-state index in [2.05, 4.69) is 23.9 Å². The standard InChI is InChI=1S/C42H53N5O8S/c1-25(2)54-30-13-11-28(12-14-30)37-43-34-21-31(53-6)15-16-33(34)39(44-37)55-32-22-35-38(49)45-42(40(50)46-56(51,52)41(5)17-18-41)23-29(42)10-8-7-9-26(3)19-27(4)20-36(48)47(35)24-32/h8,10-16,21,25-27,29,32,35H,7,9,17-20,22-24H2,1-6H3,(H,45,49)(H,46,50)/b10-8-/t26-,27+,29+,32+,35-,42+/m0/s1. The van der Waals surface area contributed by atoms with Gasteiger partial charge in [-0.3, -0.25) is 19.1 Å². The van der Waals surface area contributed by atoms with Gasteiger partial charge in [-0.15, -0.1) is 0 Å². The normalized spacial score (nSPS) is 28.3. The van der Waals surface area contributed by atoms with E-state index in [1.54, 1.807) is 31.1 Å². The fraction of sp³-hybridized carbons (Fsp3) is 0.548. The van der Waals surface area contributed by atoms with Gasteiger partial charge in [-0.2, -0.15) is 4.98 Å². The van der Waals surface area contributed by atoms with Crippen molar-refractivity contribution >= 4 is 38.6 Å². The SMILES string of the molecule is COc1ccc2c(O[C@@H]3C[C@H]4C(=O)N[C@]5(C(=O)NS(=O)(=O)C6(C)CC6)C[C@H]5/C=C\CC[C@H](C)C[C@@H](C)CC(=O)N4C3)nc(-c3ccc(OC(C)C)cc3)nc2c1. The highest BCUT2D eigenvalue weighted by molar-refractivity contribution is 7.91. The molecule has 0 radical (unpaired) electrons. The van der Waals surface area contributed by atoms with Crippen LogP contribution in [0.2, 0.25) is 0 Å². The van der Waals surface area contributed by atoms with Crippen molar-refractivity contribution in [2.45, 2.75) is 115 Å². The topological polar surface area (TPSA) is 166 Å². The molecule has 2 N–H and O–H groups in total. The molecule has 1 aromatic heterocycles. The van der Waals surface area contributed by atoms with Crippen LogP contribution < -0.4 is 24.2 Å². The third kappa shape index (κ3) is 8.21. The average Bonchev–Trinajstić information content (AvgIpc) is 4.02. The summed E-state index contributed by atoms with van der Waals surface area (Å²) in [6.07, 6.45) is 7.41. The number of fused-ring (bicyclic) bond motifs is 3. The second-order valence-electron chi connectivity index (χ2n) is 16.8. The van der Waals surface area contributed by atoms with Crippen LogP contribution in [-0.4, -0.2) is 83.2 Å². The second-order valence-corrected chi connectivity index (χ2v) is 19.0. The van der Waals surface area contributed by atoms with E-state index >= 15 is 0 Å². The van der Waals surface area contributed by atoms with Gasteiger partial charge < -0.3 is 24.4 Å². The number of carbonyl (C=O) groups excluding carboxylic acids is 3. The maximum atomic E-state index is 14.4. The minimum Gasteiger partial charge on any atom is -0.497 e. The Hall–Kier alpha value is -4.72. The number of amides is 3. The minimum atomic E-state index is -3.95. The summed E-state index contributed by atoms with van der Waals surface area (Å²) in [5, 5.41) is 3.58. The number of nitrogens with one attached hydrogen (secondary N) is 2. The number of rotatable bonds is 9. The van der Waals surface area contributed by atoms with Gasteiger partial charge in [0.15, 0.2) is 5.82 Å². The van der Waals surface area contributed by atoms with Gasteiger partial charge in [0.25, 0.3) is 5.91 Å². The van der Waals surface area contributed by atoms with Crippen LogP contribution in [0, 0.1) is 17.8 Å². The van der Waals surface area contributed by atoms with Crippen LogP contribution in [0.25, 0.3) is 22.3 Å². The number of methoxy groups -OCH3 is 1. The van der Waals surface area contributed by atoms with Crippen molar-refractivity contribution in [3.8, 4) is 28.8 Å². The summed E-state index contributed by atoms with van der Waals surface area (Å²) in [5.41, 5.74) is -0.125. The number of hydrogen-bond acceptors (Lipinski definition) is 10. The Morgan fingerprint density at radius 1 is 1.02 bits per heavy atom. The predicted octanol–water partition coefficient (Wildman–Crippen LogP) is 5.72. The molecule has 1 saturated heterocycles. The number of nitrogens with zero attached hydrogens (tertiary/aromatic N) is 3. The van der Waals surface area contributed by atoms with Crippen molar-refractivity contribution in [3.63, 3.8) is 0 Å². The van der Waals surface area contributed by atoms with Crippen LogP contribution in [0.1, 0.15) is 86.0 Å². The van der Waals surface area contributed by atoms with E-state index in [1.165, 1.54) is 0 Å². The van der Waals surface area contributed by atoms with Crippen molar-refractivity contribution < 1.29 is 37.0 Å². The lowest BCUT2D eigenvalue weighted by molar-refractivity contribution is -0.140. The molecule has 13 nitrogen and oxygen atoms in total. The summed E-state index contributed by atoms with van der Waals surface area (Å²) in [5.74, 6) is 0.623. The number of benzene rings is 2. The lowest BCUT2D eigenvalue weighted by Gasteiger charge is -2.28.